The number of nitrogens with zero attached hydrogens (tertiary/aromatic N) is 2. The van der Waals surface area contributed by atoms with Crippen molar-refractivity contribution in [1.82, 2.24) is 15.3 Å². The molecule has 0 fully saturated rings. The zero-order valence-corrected chi connectivity index (χ0v) is 13.7. The van der Waals surface area contributed by atoms with E-state index in [0.717, 1.165) is 24.1 Å². The number of aryl methyl sites for hydroxylation is 1. The van der Waals surface area contributed by atoms with Crippen molar-refractivity contribution < 1.29 is 4.79 Å². The van der Waals surface area contributed by atoms with E-state index in [1.807, 2.05) is 29.6 Å². The molecule has 5 nitrogen and oxygen atoms in total. The zero-order valence-electron chi connectivity index (χ0n) is 12.9. The number of carbonyl (C=O) groups excluding carboxylic acids is 1. The van der Waals surface area contributed by atoms with Gasteiger partial charge in [-0.1, -0.05) is 24.3 Å². The number of thiazole rings is 1. The Labute approximate surface area is 143 Å². The highest BCUT2D eigenvalue weighted by Gasteiger charge is 2.23. The molecule has 0 aliphatic heterocycles. The van der Waals surface area contributed by atoms with Gasteiger partial charge in [0.2, 0.25) is 0 Å². The van der Waals surface area contributed by atoms with E-state index in [1.54, 1.807) is 12.4 Å². The maximum atomic E-state index is 12.3. The van der Waals surface area contributed by atoms with Crippen LogP contribution in [0.2, 0.25) is 0 Å². The molecule has 0 spiro atoms. The van der Waals surface area contributed by atoms with Gasteiger partial charge in [0.15, 0.2) is 5.13 Å². The zero-order chi connectivity index (χ0) is 16.4. The van der Waals surface area contributed by atoms with Gasteiger partial charge in [-0.3, -0.25) is 10.3 Å². The predicted molar refractivity (Wildman–Crippen MR) is 95.0 cm³/mol. The van der Waals surface area contributed by atoms with E-state index in [0.29, 0.717) is 5.13 Å². The molecule has 2 heterocycles. The van der Waals surface area contributed by atoms with Gasteiger partial charge < -0.3 is 5.32 Å². The van der Waals surface area contributed by atoms with E-state index < -0.39 is 0 Å². The van der Waals surface area contributed by atoms with Crippen LogP contribution in [0.3, 0.4) is 0 Å². The van der Waals surface area contributed by atoms with Crippen molar-refractivity contribution in [2.45, 2.75) is 18.9 Å². The minimum atomic E-state index is -0.215. The lowest BCUT2D eigenvalue weighted by atomic mass is 10.1. The summed E-state index contributed by atoms with van der Waals surface area (Å²) < 4.78 is 0. The number of rotatable bonds is 3. The number of pyridine rings is 1. The Kier molecular flexibility index (Phi) is 3.96. The number of aromatic nitrogens is 2. The highest BCUT2D eigenvalue weighted by atomic mass is 32.1. The number of urea groups is 1. The quantitative estimate of drug-likeness (QED) is 0.759. The molecule has 0 bridgehead atoms. The van der Waals surface area contributed by atoms with Crippen LogP contribution in [0.4, 0.5) is 9.93 Å². The predicted octanol–water partition coefficient (Wildman–Crippen LogP) is 4.01. The van der Waals surface area contributed by atoms with Gasteiger partial charge in [-0.2, -0.15) is 0 Å². The molecular formula is C18H16N4OS. The van der Waals surface area contributed by atoms with Gasteiger partial charge in [0.05, 0.1) is 11.7 Å². The Morgan fingerprint density at radius 1 is 1.17 bits per heavy atom. The number of anilines is 1. The third kappa shape index (κ3) is 3.00. The van der Waals surface area contributed by atoms with Crippen molar-refractivity contribution in [3.63, 3.8) is 0 Å². The Bertz CT molecular complexity index is 862. The topological polar surface area (TPSA) is 66.9 Å². The number of fused-ring (bicyclic) bond motifs is 1. The number of benzene rings is 1. The fourth-order valence-corrected chi connectivity index (χ4v) is 3.70. The Morgan fingerprint density at radius 2 is 2.00 bits per heavy atom. The van der Waals surface area contributed by atoms with Crippen molar-refractivity contribution in [1.29, 1.82) is 0 Å². The summed E-state index contributed by atoms with van der Waals surface area (Å²) in [7, 11) is 0. The lowest BCUT2D eigenvalue weighted by Gasteiger charge is -2.13. The maximum absolute atomic E-state index is 12.3. The molecule has 6 heteroatoms. The molecule has 0 radical (unpaired) electrons. The third-order valence-corrected chi connectivity index (χ3v) is 4.90. The van der Waals surface area contributed by atoms with Gasteiger partial charge in [-0.05, 0) is 36.1 Å². The molecule has 2 aromatic heterocycles. The van der Waals surface area contributed by atoms with Gasteiger partial charge >= 0.3 is 6.03 Å². The van der Waals surface area contributed by atoms with Crippen molar-refractivity contribution in [2.75, 3.05) is 5.32 Å². The number of hydrogen-bond donors (Lipinski definition) is 2. The Morgan fingerprint density at radius 3 is 2.88 bits per heavy atom. The van der Waals surface area contributed by atoms with Crippen LogP contribution in [0.1, 0.15) is 23.6 Å². The molecule has 2 amide bonds. The first-order chi connectivity index (χ1) is 11.8. The van der Waals surface area contributed by atoms with E-state index in [1.165, 1.54) is 22.5 Å². The first-order valence-electron chi connectivity index (χ1n) is 7.81. The summed E-state index contributed by atoms with van der Waals surface area (Å²) in [5, 5.41) is 8.39. The molecule has 0 saturated carbocycles. The maximum Gasteiger partial charge on any atom is 0.321 e. The van der Waals surface area contributed by atoms with E-state index >= 15 is 0 Å². The SMILES string of the molecule is O=C(Nc1nc(-c2ccncc2)cs1)NC1CCc2ccccc21. The van der Waals surface area contributed by atoms with Crippen molar-refractivity contribution in [3.8, 4) is 11.3 Å². The van der Waals surface area contributed by atoms with E-state index in [4.69, 9.17) is 0 Å². The summed E-state index contributed by atoms with van der Waals surface area (Å²) >= 11 is 1.41. The summed E-state index contributed by atoms with van der Waals surface area (Å²) in [4.78, 5) is 20.7. The number of amides is 2. The summed E-state index contributed by atoms with van der Waals surface area (Å²) in [6.45, 7) is 0. The lowest BCUT2D eigenvalue weighted by Crippen LogP contribution is -2.31. The fourth-order valence-electron chi connectivity index (χ4n) is 2.98. The monoisotopic (exact) mass is 336 g/mol. The van der Waals surface area contributed by atoms with Gasteiger partial charge in [-0.25, -0.2) is 9.78 Å². The molecule has 0 saturated heterocycles. The normalized spacial score (nSPS) is 15.8. The van der Waals surface area contributed by atoms with Crippen molar-refractivity contribution >= 4 is 22.5 Å². The standard InChI is InChI=1S/C18H16N4OS/c23-17(20-15-6-5-12-3-1-2-4-14(12)15)22-18-21-16(11-24-18)13-7-9-19-10-8-13/h1-4,7-11,15H,5-6H2,(H2,20,21,22,23). The summed E-state index contributed by atoms with van der Waals surface area (Å²) in [6.07, 6.45) is 5.40. The molecule has 120 valence electrons. The van der Waals surface area contributed by atoms with Crippen molar-refractivity contribution in [2.24, 2.45) is 0 Å². The second-order valence-corrected chi connectivity index (χ2v) is 6.52. The second kappa shape index (κ2) is 6.41. The van der Waals surface area contributed by atoms with Gasteiger partial charge in [0.1, 0.15) is 0 Å². The minimum absolute atomic E-state index is 0.0702. The van der Waals surface area contributed by atoms with Crippen LogP contribution in [0, 0.1) is 0 Å². The van der Waals surface area contributed by atoms with Gasteiger partial charge in [0.25, 0.3) is 0 Å². The smallest absolute Gasteiger partial charge is 0.321 e. The van der Waals surface area contributed by atoms with Crippen LogP contribution in [0.15, 0.2) is 54.2 Å². The van der Waals surface area contributed by atoms with Crippen LogP contribution in [0.25, 0.3) is 11.3 Å². The van der Waals surface area contributed by atoms with E-state index in [-0.39, 0.29) is 12.1 Å². The molecule has 3 aromatic rings. The van der Waals surface area contributed by atoms with Crippen LogP contribution in [-0.4, -0.2) is 16.0 Å². The largest absolute Gasteiger partial charge is 0.331 e. The molecular weight excluding hydrogens is 320 g/mol. The highest BCUT2D eigenvalue weighted by molar-refractivity contribution is 7.14. The lowest BCUT2D eigenvalue weighted by molar-refractivity contribution is 0.248. The second-order valence-electron chi connectivity index (χ2n) is 5.66. The Hall–Kier alpha value is -2.73. The average Bonchev–Trinajstić information content (AvgIpc) is 3.23. The number of nitrogens with one attached hydrogen (secondary N) is 2. The van der Waals surface area contributed by atoms with Gasteiger partial charge in [-0.15, -0.1) is 11.3 Å². The Balaban J connectivity index is 1.42. The van der Waals surface area contributed by atoms with E-state index in [2.05, 4.69) is 32.7 Å². The van der Waals surface area contributed by atoms with Crippen LogP contribution >= 0.6 is 11.3 Å². The molecule has 1 aromatic carbocycles. The molecule has 4 rings (SSSR count). The van der Waals surface area contributed by atoms with Crippen LogP contribution in [0.5, 0.6) is 0 Å². The molecule has 1 aliphatic rings. The molecule has 24 heavy (non-hydrogen) atoms. The summed E-state index contributed by atoms with van der Waals surface area (Å²) in [5.74, 6) is 0. The van der Waals surface area contributed by atoms with Gasteiger partial charge in [0, 0.05) is 23.3 Å². The third-order valence-electron chi connectivity index (χ3n) is 4.14. The molecule has 2 N–H and O–H groups in total. The molecule has 1 unspecified atom stereocenters. The average molecular weight is 336 g/mol. The number of carbonyl (C=O) groups is 1. The van der Waals surface area contributed by atoms with E-state index in [9.17, 15) is 4.79 Å². The van der Waals surface area contributed by atoms with Crippen LogP contribution in [-0.2, 0) is 6.42 Å². The molecule has 1 atom stereocenters. The fraction of sp³-hybridized carbons (Fsp3) is 0.167. The van der Waals surface area contributed by atoms with Crippen molar-refractivity contribution in [3.05, 3.63) is 65.3 Å². The van der Waals surface area contributed by atoms with Crippen LogP contribution < -0.4 is 10.6 Å². The minimum Gasteiger partial charge on any atom is -0.331 e. The highest BCUT2D eigenvalue weighted by Crippen LogP contribution is 2.31. The first-order valence-corrected chi connectivity index (χ1v) is 8.69. The summed E-state index contributed by atoms with van der Waals surface area (Å²) in [6, 6.07) is 11.9. The first kappa shape index (κ1) is 14.8. The summed E-state index contributed by atoms with van der Waals surface area (Å²) in [5.41, 5.74) is 4.35. The number of hydrogen-bond acceptors (Lipinski definition) is 4. The molecule has 1 aliphatic carbocycles.